The minimum absolute atomic E-state index is 0.0888. The first-order valence-electron chi connectivity index (χ1n) is 4.66. The van der Waals surface area contributed by atoms with E-state index in [0.717, 1.165) is 12.2 Å². The van der Waals surface area contributed by atoms with E-state index in [9.17, 15) is 4.79 Å². The monoisotopic (exact) mass is 261 g/mol. The zero-order valence-electron chi connectivity index (χ0n) is 8.77. The maximum absolute atomic E-state index is 10.8. The number of pyridine rings is 1. The molecule has 1 aromatic rings. The van der Waals surface area contributed by atoms with E-state index in [1.807, 2.05) is 0 Å². The summed E-state index contributed by atoms with van der Waals surface area (Å²) in [5.41, 5.74) is 0.0888. The van der Waals surface area contributed by atoms with E-state index >= 15 is 0 Å². The van der Waals surface area contributed by atoms with Gasteiger partial charge in [-0.1, -0.05) is 11.6 Å². The van der Waals surface area contributed by atoms with E-state index < -0.39 is 5.97 Å². The molecule has 0 bridgehead atoms. The summed E-state index contributed by atoms with van der Waals surface area (Å²) in [5.74, 6) is -0.241. The van der Waals surface area contributed by atoms with Crippen LogP contribution in [0.5, 0.6) is 0 Å². The van der Waals surface area contributed by atoms with E-state index in [1.54, 1.807) is 7.11 Å². The second-order valence-electron chi connectivity index (χ2n) is 2.98. The Balaban J connectivity index is 2.66. The molecule has 0 fully saturated rings. The third-order valence-electron chi connectivity index (χ3n) is 1.82. The fourth-order valence-electron chi connectivity index (χ4n) is 1.06. The molecule has 0 unspecified atom stereocenters. The molecular weight excluding hydrogens is 250 g/mol. The number of hydrogen-bond acceptors (Lipinski definition) is 4. The first-order valence-corrected chi connectivity index (χ1v) is 6.02. The number of nitrogens with zero attached hydrogens (tertiary/aromatic N) is 1. The molecule has 0 aliphatic carbocycles. The number of rotatable bonds is 6. The highest BCUT2D eigenvalue weighted by molar-refractivity contribution is 7.99. The number of aromatic nitrogens is 1. The van der Waals surface area contributed by atoms with Crippen molar-refractivity contribution in [1.29, 1.82) is 0 Å². The minimum atomic E-state index is -1.04. The molecule has 1 heterocycles. The highest BCUT2D eigenvalue weighted by Gasteiger charge is 2.13. The van der Waals surface area contributed by atoms with Crippen LogP contribution in [0.2, 0.25) is 5.02 Å². The first-order chi connectivity index (χ1) is 7.66. The van der Waals surface area contributed by atoms with E-state index in [4.69, 9.17) is 21.4 Å². The zero-order chi connectivity index (χ0) is 12.0. The van der Waals surface area contributed by atoms with Gasteiger partial charge in [0.1, 0.15) is 5.03 Å². The van der Waals surface area contributed by atoms with Crippen molar-refractivity contribution < 1.29 is 14.6 Å². The highest BCUT2D eigenvalue weighted by atomic mass is 35.5. The molecule has 1 rings (SSSR count). The van der Waals surface area contributed by atoms with Gasteiger partial charge in [0.05, 0.1) is 10.6 Å². The molecule has 1 aromatic heterocycles. The van der Waals surface area contributed by atoms with Gasteiger partial charge >= 0.3 is 5.97 Å². The predicted molar refractivity (Wildman–Crippen MR) is 63.4 cm³/mol. The van der Waals surface area contributed by atoms with Crippen LogP contribution in [0.1, 0.15) is 16.8 Å². The van der Waals surface area contributed by atoms with Crippen LogP contribution >= 0.6 is 23.4 Å². The summed E-state index contributed by atoms with van der Waals surface area (Å²) < 4.78 is 4.91. The number of ether oxygens (including phenoxy) is 1. The standard InChI is InChI=1S/C10H12ClNO3S/c1-15-5-2-6-16-9-8(11)7(10(13)14)3-4-12-9/h3-4H,2,5-6H2,1H3,(H,13,14). The van der Waals surface area contributed by atoms with Crippen molar-refractivity contribution in [3.8, 4) is 0 Å². The van der Waals surface area contributed by atoms with Crippen LogP contribution in [-0.4, -0.2) is 35.5 Å². The molecule has 0 amide bonds. The summed E-state index contributed by atoms with van der Waals surface area (Å²) in [4.78, 5) is 14.9. The summed E-state index contributed by atoms with van der Waals surface area (Å²) in [6, 6.07) is 1.39. The van der Waals surface area contributed by atoms with E-state index in [-0.39, 0.29) is 10.6 Å². The van der Waals surface area contributed by atoms with Crippen LogP contribution in [-0.2, 0) is 4.74 Å². The van der Waals surface area contributed by atoms with Crippen LogP contribution in [0.4, 0.5) is 0 Å². The van der Waals surface area contributed by atoms with Gasteiger partial charge in [0.25, 0.3) is 0 Å². The fraction of sp³-hybridized carbons (Fsp3) is 0.400. The highest BCUT2D eigenvalue weighted by Crippen LogP contribution is 2.28. The van der Waals surface area contributed by atoms with Crippen molar-refractivity contribution in [1.82, 2.24) is 4.98 Å². The lowest BCUT2D eigenvalue weighted by Gasteiger charge is -2.05. The van der Waals surface area contributed by atoms with E-state index in [2.05, 4.69) is 4.98 Å². The lowest BCUT2D eigenvalue weighted by atomic mass is 10.3. The summed E-state index contributed by atoms with van der Waals surface area (Å²) in [6.45, 7) is 0.670. The number of carbonyl (C=O) groups is 1. The molecule has 88 valence electrons. The van der Waals surface area contributed by atoms with Gasteiger partial charge in [-0.05, 0) is 12.5 Å². The van der Waals surface area contributed by atoms with Crippen LogP contribution in [0, 0.1) is 0 Å². The fourth-order valence-corrected chi connectivity index (χ4v) is 2.25. The molecule has 0 aromatic carbocycles. The van der Waals surface area contributed by atoms with Gasteiger partial charge in [-0.15, -0.1) is 11.8 Å². The average Bonchev–Trinajstić information content (AvgIpc) is 2.26. The molecule has 0 saturated heterocycles. The Morgan fingerprint density at radius 3 is 3.06 bits per heavy atom. The number of hydrogen-bond donors (Lipinski definition) is 1. The molecule has 0 aliphatic heterocycles. The predicted octanol–water partition coefficient (Wildman–Crippen LogP) is 2.56. The molecule has 0 spiro atoms. The molecule has 6 heteroatoms. The number of carboxylic acids is 1. The Labute approximate surface area is 103 Å². The Bertz CT molecular complexity index is 373. The Morgan fingerprint density at radius 1 is 1.69 bits per heavy atom. The van der Waals surface area contributed by atoms with Crippen molar-refractivity contribution in [2.75, 3.05) is 19.5 Å². The van der Waals surface area contributed by atoms with Crippen molar-refractivity contribution in [3.05, 3.63) is 22.8 Å². The lowest BCUT2D eigenvalue weighted by Crippen LogP contribution is -1.99. The quantitative estimate of drug-likeness (QED) is 0.630. The van der Waals surface area contributed by atoms with Crippen molar-refractivity contribution in [3.63, 3.8) is 0 Å². The van der Waals surface area contributed by atoms with Gasteiger partial charge in [0.2, 0.25) is 0 Å². The maximum Gasteiger partial charge on any atom is 0.337 e. The smallest absolute Gasteiger partial charge is 0.337 e. The largest absolute Gasteiger partial charge is 0.478 e. The molecule has 4 nitrogen and oxygen atoms in total. The normalized spacial score (nSPS) is 10.4. The van der Waals surface area contributed by atoms with E-state index in [1.165, 1.54) is 24.0 Å². The van der Waals surface area contributed by atoms with Gasteiger partial charge in [0, 0.05) is 25.7 Å². The van der Waals surface area contributed by atoms with Crippen LogP contribution in [0.25, 0.3) is 0 Å². The second kappa shape index (κ2) is 6.73. The molecule has 0 atom stereocenters. The van der Waals surface area contributed by atoms with Crippen LogP contribution < -0.4 is 0 Å². The molecular formula is C10H12ClNO3S. The molecule has 16 heavy (non-hydrogen) atoms. The third kappa shape index (κ3) is 3.66. The van der Waals surface area contributed by atoms with Gasteiger partial charge in [-0.2, -0.15) is 0 Å². The van der Waals surface area contributed by atoms with Crippen molar-refractivity contribution >= 4 is 29.3 Å². The summed E-state index contributed by atoms with van der Waals surface area (Å²) >= 11 is 7.35. The summed E-state index contributed by atoms with van der Waals surface area (Å²) in [6.07, 6.45) is 2.32. The van der Waals surface area contributed by atoms with Crippen molar-refractivity contribution in [2.24, 2.45) is 0 Å². The molecule has 0 aliphatic rings. The number of halogens is 1. The van der Waals surface area contributed by atoms with Gasteiger partial charge in [-0.25, -0.2) is 9.78 Å². The number of aromatic carboxylic acids is 1. The topological polar surface area (TPSA) is 59.4 Å². The summed E-state index contributed by atoms with van der Waals surface area (Å²) in [5, 5.41) is 9.62. The second-order valence-corrected chi connectivity index (χ2v) is 4.44. The number of methoxy groups -OCH3 is 1. The Kier molecular flexibility index (Phi) is 5.59. The first kappa shape index (κ1) is 13.3. The summed E-state index contributed by atoms with van der Waals surface area (Å²) in [7, 11) is 1.64. The van der Waals surface area contributed by atoms with Crippen molar-refractivity contribution in [2.45, 2.75) is 11.4 Å². The van der Waals surface area contributed by atoms with Crippen LogP contribution in [0.15, 0.2) is 17.3 Å². The SMILES string of the molecule is COCCCSc1nccc(C(=O)O)c1Cl. The van der Waals surface area contributed by atoms with E-state index in [0.29, 0.717) is 11.6 Å². The van der Waals surface area contributed by atoms with Gasteiger partial charge in [0.15, 0.2) is 0 Å². The number of carboxylic acid groups (broad SMARTS) is 1. The molecule has 0 saturated carbocycles. The maximum atomic E-state index is 10.8. The minimum Gasteiger partial charge on any atom is -0.478 e. The van der Waals surface area contributed by atoms with Gasteiger partial charge in [-0.3, -0.25) is 0 Å². The lowest BCUT2D eigenvalue weighted by molar-refractivity contribution is 0.0696. The number of thioether (sulfide) groups is 1. The van der Waals surface area contributed by atoms with Crippen LogP contribution in [0.3, 0.4) is 0 Å². The Hall–Kier alpha value is -0.780. The zero-order valence-corrected chi connectivity index (χ0v) is 10.3. The van der Waals surface area contributed by atoms with Gasteiger partial charge < -0.3 is 9.84 Å². The Morgan fingerprint density at radius 2 is 2.44 bits per heavy atom. The molecule has 0 radical (unpaired) electrons. The molecule has 1 N–H and O–H groups in total. The average molecular weight is 262 g/mol. The third-order valence-corrected chi connectivity index (χ3v) is 3.39.